The number of rotatable bonds is 6. The number of hydrogen-bond donors (Lipinski definition) is 1. The lowest BCUT2D eigenvalue weighted by molar-refractivity contribution is -0.121. The maximum absolute atomic E-state index is 11.7. The van der Waals surface area contributed by atoms with Crippen molar-refractivity contribution in [2.45, 2.75) is 25.7 Å². The number of hydrogen-bond acceptors (Lipinski definition) is 2. The number of nitrogens with one attached hydrogen (secondary N) is 1. The van der Waals surface area contributed by atoms with Gasteiger partial charge in [0.2, 0.25) is 5.91 Å². The van der Waals surface area contributed by atoms with Crippen molar-refractivity contribution in [3.63, 3.8) is 0 Å². The second-order valence-electron chi connectivity index (χ2n) is 5.72. The van der Waals surface area contributed by atoms with E-state index >= 15 is 0 Å². The highest BCUT2D eigenvalue weighted by Crippen LogP contribution is 2.24. The molecule has 0 aliphatic rings. The standard InChI is InChI=1S/C15H23ClN2O/c1-15(2,12-6-5-7-13(16)10-12)11-17-14(19)8-9-18(3)4/h5-7,10H,8-9,11H2,1-4H3,(H,17,19). The molecule has 1 rings (SSSR count). The van der Waals surface area contributed by atoms with Crippen LogP contribution >= 0.6 is 11.6 Å². The molecular weight excluding hydrogens is 260 g/mol. The number of nitrogens with zero attached hydrogens (tertiary/aromatic N) is 1. The van der Waals surface area contributed by atoms with Crippen molar-refractivity contribution in [1.82, 2.24) is 10.2 Å². The zero-order valence-corrected chi connectivity index (χ0v) is 12.9. The van der Waals surface area contributed by atoms with Gasteiger partial charge in [-0.3, -0.25) is 4.79 Å². The van der Waals surface area contributed by atoms with Crippen molar-refractivity contribution in [3.05, 3.63) is 34.9 Å². The molecule has 1 aromatic carbocycles. The first kappa shape index (κ1) is 16.0. The zero-order valence-electron chi connectivity index (χ0n) is 12.2. The van der Waals surface area contributed by atoms with E-state index in [1.165, 1.54) is 0 Å². The Balaban J connectivity index is 2.53. The Hall–Kier alpha value is -1.06. The van der Waals surface area contributed by atoms with E-state index in [1.54, 1.807) is 0 Å². The second-order valence-corrected chi connectivity index (χ2v) is 6.16. The number of carbonyl (C=O) groups is 1. The summed E-state index contributed by atoms with van der Waals surface area (Å²) in [6, 6.07) is 7.79. The highest BCUT2D eigenvalue weighted by molar-refractivity contribution is 6.30. The largest absolute Gasteiger partial charge is 0.355 e. The zero-order chi connectivity index (χ0) is 14.5. The van der Waals surface area contributed by atoms with E-state index in [2.05, 4.69) is 19.2 Å². The lowest BCUT2D eigenvalue weighted by Crippen LogP contribution is -2.37. The van der Waals surface area contributed by atoms with Crippen LogP contribution in [-0.2, 0) is 10.2 Å². The minimum Gasteiger partial charge on any atom is -0.355 e. The van der Waals surface area contributed by atoms with Gasteiger partial charge in [0.05, 0.1) is 0 Å². The molecule has 3 nitrogen and oxygen atoms in total. The lowest BCUT2D eigenvalue weighted by Gasteiger charge is -2.26. The fraction of sp³-hybridized carbons (Fsp3) is 0.533. The molecule has 1 aromatic rings. The molecule has 0 aromatic heterocycles. The van der Waals surface area contributed by atoms with E-state index in [-0.39, 0.29) is 11.3 Å². The molecule has 19 heavy (non-hydrogen) atoms. The summed E-state index contributed by atoms with van der Waals surface area (Å²) in [5.41, 5.74) is 1.01. The van der Waals surface area contributed by atoms with Crippen LogP contribution in [0.25, 0.3) is 0 Å². The Morgan fingerprint density at radius 3 is 2.63 bits per heavy atom. The SMILES string of the molecule is CN(C)CCC(=O)NCC(C)(C)c1cccc(Cl)c1. The Labute approximate surface area is 120 Å². The second kappa shape index (κ2) is 6.92. The quantitative estimate of drug-likeness (QED) is 0.870. The molecule has 0 heterocycles. The molecule has 0 bridgehead atoms. The van der Waals surface area contributed by atoms with E-state index in [9.17, 15) is 4.79 Å². The van der Waals surface area contributed by atoms with Gasteiger partial charge in [0.25, 0.3) is 0 Å². The van der Waals surface area contributed by atoms with Crippen LogP contribution in [0.1, 0.15) is 25.8 Å². The third-order valence-corrected chi connectivity index (χ3v) is 3.35. The first-order chi connectivity index (χ1) is 8.81. The summed E-state index contributed by atoms with van der Waals surface area (Å²) in [7, 11) is 3.92. The van der Waals surface area contributed by atoms with Crippen molar-refractivity contribution in [2.24, 2.45) is 0 Å². The molecule has 0 saturated heterocycles. The van der Waals surface area contributed by atoms with Gasteiger partial charge in [-0.25, -0.2) is 0 Å². The van der Waals surface area contributed by atoms with Gasteiger partial charge >= 0.3 is 0 Å². The maximum Gasteiger partial charge on any atom is 0.221 e. The highest BCUT2D eigenvalue weighted by atomic mass is 35.5. The predicted octanol–water partition coefficient (Wildman–Crippen LogP) is 2.69. The highest BCUT2D eigenvalue weighted by Gasteiger charge is 2.21. The van der Waals surface area contributed by atoms with Crippen molar-refractivity contribution >= 4 is 17.5 Å². The molecule has 0 atom stereocenters. The van der Waals surface area contributed by atoms with Gasteiger partial charge in [-0.2, -0.15) is 0 Å². The van der Waals surface area contributed by atoms with Gasteiger partial charge in [0, 0.05) is 29.9 Å². The van der Waals surface area contributed by atoms with Gasteiger partial charge in [0.15, 0.2) is 0 Å². The summed E-state index contributed by atoms with van der Waals surface area (Å²) in [6.07, 6.45) is 0.526. The molecule has 0 spiro atoms. The van der Waals surface area contributed by atoms with Crippen LogP contribution in [0.5, 0.6) is 0 Å². The third kappa shape index (κ3) is 5.62. The van der Waals surface area contributed by atoms with Crippen molar-refractivity contribution in [3.8, 4) is 0 Å². The average molecular weight is 283 g/mol. The summed E-state index contributed by atoms with van der Waals surface area (Å²) in [5.74, 6) is 0.0869. The summed E-state index contributed by atoms with van der Waals surface area (Å²) < 4.78 is 0. The Morgan fingerprint density at radius 2 is 2.05 bits per heavy atom. The fourth-order valence-electron chi connectivity index (χ4n) is 1.74. The van der Waals surface area contributed by atoms with Gasteiger partial charge in [0.1, 0.15) is 0 Å². The van der Waals surface area contributed by atoms with Crippen LogP contribution in [0.2, 0.25) is 5.02 Å². The van der Waals surface area contributed by atoms with E-state index in [0.29, 0.717) is 13.0 Å². The maximum atomic E-state index is 11.7. The van der Waals surface area contributed by atoms with Crippen LogP contribution in [0.4, 0.5) is 0 Å². The van der Waals surface area contributed by atoms with Crippen LogP contribution in [0.3, 0.4) is 0 Å². The van der Waals surface area contributed by atoms with Gasteiger partial charge < -0.3 is 10.2 Å². The average Bonchev–Trinajstić information content (AvgIpc) is 2.34. The molecule has 0 saturated carbocycles. The van der Waals surface area contributed by atoms with Crippen molar-refractivity contribution in [2.75, 3.05) is 27.2 Å². The normalized spacial score (nSPS) is 11.7. The molecule has 106 valence electrons. The lowest BCUT2D eigenvalue weighted by atomic mass is 9.84. The molecular formula is C15H23ClN2O. The minimum absolute atomic E-state index is 0.0869. The molecule has 0 fully saturated rings. The van der Waals surface area contributed by atoms with Gasteiger partial charge in [-0.1, -0.05) is 37.6 Å². The van der Waals surface area contributed by atoms with Crippen molar-refractivity contribution in [1.29, 1.82) is 0 Å². The number of amides is 1. The molecule has 1 amide bonds. The Morgan fingerprint density at radius 1 is 1.37 bits per heavy atom. The van der Waals surface area contributed by atoms with Crippen LogP contribution < -0.4 is 5.32 Å². The number of halogens is 1. The van der Waals surface area contributed by atoms with E-state index < -0.39 is 0 Å². The predicted molar refractivity (Wildman–Crippen MR) is 80.7 cm³/mol. The van der Waals surface area contributed by atoms with E-state index in [0.717, 1.165) is 17.1 Å². The summed E-state index contributed by atoms with van der Waals surface area (Å²) in [4.78, 5) is 13.7. The van der Waals surface area contributed by atoms with Crippen LogP contribution in [-0.4, -0.2) is 38.0 Å². The Bertz CT molecular complexity index is 430. The molecule has 0 aliphatic carbocycles. The third-order valence-electron chi connectivity index (χ3n) is 3.12. The monoisotopic (exact) mass is 282 g/mol. The number of carbonyl (C=O) groups excluding carboxylic acids is 1. The minimum atomic E-state index is -0.126. The fourth-order valence-corrected chi connectivity index (χ4v) is 1.93. The summed E-state index contributed by atoms with van der Waals surface area (Å²) in [6.45, 7) is 5.58. The summed E-state index contributed by atoms with van der Waals surface area (Å²) in [5, 5.41) is 3.71. The van der Waals surface area contributed by atoms with Gasteiger partial charge in [-0.05, 0) is 31.8 Å². The Kier molecular flexibility index (Phi) is 5.83. The summed E-state index contributed by atoms with van der Waals surface area (Å²) >= 11 is 6.01. The molecule has 4 heteroatoms. The molecule has 0 radical (unpaired) electrons. The van der Waals surface area contributed by atoms with E-state index in [1.807, 2.05) is 43.3 Å². The molecule has 0 aliphatic heterocycles. The molecule has 0 unspecified atom stereocenters. The number of benzene rings is 1. The molecule has 1 N–H and O–H groups in total. The topological polar surface area (TPSA) is 32.3 Å². The first-order valence-corrected chi connectivity index (χ1v) is 6.86. The van der Waals surface area contributed by atoms with Gasteiger partial charge in [-0.15, -0.1) is 0 Å². The van der Waals surface area contributed by atoms with Crippen molar-refractivity contribution < 1.29 is 4.79 Å². The van der Waals surface area contributed by atoms with E-state index in [4.69, 9.17) is 11.6 Å². The van der Waals surface area contributed by atoms with Crippen LogP contribution in [0.15, 0.2) is 24.3 Å². The smallest absolute Gasteiger partial charge is 0.221 e. The first-order valence-electron chi connectivity index (χ1n) is 6.49. The van der Waals surface area contributed by atoms with Crippen LogP contribution in [0, 0.1) is 0 Å².